The Kier molecular flexibility index (Phi) is 7.10. The zero-order valence-corrected chi connectivity index (χ0v) is 19.0. The first kappa shape index (κ1) is 22.9. The summed E-state index contributed by atoms with van der Waals surface area (Å²) in [6.45, 7) is 1.48. The molecule has 6 nitrogen and oxygen atoms in total. The monoisotopic (exact) mass is 473 g/mol. The minimum atomic E-state index is -0.380. The number of carbonyl (C=O) groups excluding carboxylic acids is 2. The Bertz CT molecular complexity index is 1320. The molecule has 0 unspecified atom stereocenters. The van der Waals surface area contributed by atoms with Gasteiger partial charge in [-0.15, -0.1) is 11.3 Å². The quantitative estimate of drug-likeness (QED) is 0.315. The van der Waals surface area contributed by atoms with Crippen LogP contribution in [0, 0.1) is 5.82 Å². The maximum Gasteiger partial charge on any atom is 0.248 e. The zero-order valence-electron chi connectivity index (χ0n) is 18.1. The summed E-state index contributed by atoms with van der Waals surface area (Å²) in [4.78, 5) is 30.4. The molecule has 4 rings (SSSR count). The van der Waals surface area contributed by atoms with Gasteiger partial charge in [-0.2, -0.15) is 0 Å². The first-order valence-electron chi connectivity index (χ1n) is 10.3. The van der Waals surface area contributed by atoms with Gasteiger partial charge >= 0.3 is 0 Å². The first-order chi connectivity index (χ1) is 16.5. The number of para-hydroxylation sites is 1. The molecule has 0 saturated carbocycles. The molecule has 0 aliphatic rings. The summed E-state index contributed by atoms with van der Waals surface area (Å²) in [6.07, 6.45) is 2.96. The molecule has 0 saturated heterocycles. The Morgan fingerprint density at radius 2 is 1.76 bits per heavy atom. The van der Waals surface area contributed by atoms with E-state index in [0.717, 1.165) is 5.69 Å². The highest BCUT2D eigenvalue weighted by molar-refractivity contribution is 7.14. The van der Waals surface area contributed by atoms with Gasteiger partial charge in [-0.25, -0.2) is 9.37 Å². The number of rotatable bonds is 7. The highest BCUT2D eigenvalue weighted by Gasteiger charge is 2.17. The van der Waals surface area contributed by atoms with Crippen LogP contribution in [-0.2, 0) is 9.59 Å². The number of ether oxygens (including phenoxy) is 1. The fourth-order valence-electron chi connectivity index (χ4n) is 3.08. The van der Waals surface area contributed by atoms with E-state index in [2.05, 4.69) is 10.3 Å². The lowest BCUT2D eigenvalue weighted by Gasteiger charge is -2.17. The topological polar surface area (TPSA) is 71.5 Å². The Morgan fingerprint density at radius 3 is 2.47 bits per heavy atom. The summed E-state index contributed by atoms with van der Waals surface area (Å²) in [5, 5.41) is 5.05. The molecule has 3 aromatic carbocycles. The molecule has 1 heterocycles. The van der Waals surface area contributed by atoms with E-state index in [9.17, 15) is 14.0 Å². The van der Waals surface area contributed by atoms with Gasteiger partial charge in [0.2, 0.25) is 11.8 Å². The van der Waals surface area contributed by atoms with Crippen molar-refractivity contribution in [2.24, 2.45) is 0 Å². The van der Waals surface area contributed by atoms with Crippen molar-refractivity contribution in [3.8, 4) is 11.5 Å². The Hall–Kier alpha value is -4.30. The number of hydrogen-bond acceptors (Lipinski definition) is 5. The number of amides is 2. The maximum absolute atomic E-state index is 13.3. The number of hydrogen-bond donors (Lipinski definition) is 1. The van der Waals surface area contributed by atoms with Gasteiger partial charge in [-0.05, 0) is 54.6 Å². The van der Waals surface area contributed by atoms with Crippen molar-refractivity contribution in [2.45, 2.75) is 6.92 Å². The third-order valence-corrected chi connectivity index (χ3v) is 5.43. The number of halogens is 1. The van der Waals surface area contributed by atoms with Gasteiger partial charge in [0, 0.05) is 30.1 Å². The number of benzene rings is 3. The number of aromatic nitrogens is 1. The third kappa shape index (κ3) is 5.93. The van der Waals surface area contributed by atoms with Gasteiger partial charge in [0.25, 0.3) is 0 Å². The van der Waals surface area contributed by atoms with E-state index in [1.807, 2.05) is 30.3 Å². The van der Waals surface area contributed by atoms with E-state index in [1.165, 1.54) is 41.4 Å². The first-order valence-corrected chi connectivity index (χ1v) is 11.2. The number of nitrogens with one attached hydrogen (secondary N) is 1. The molecule has 1 N–H and O–H groups in total. The number of nitrogens with zero attached hydrogens (tertiary/aromatic N) is 2. The lowest BCUT2D eigenvalue weighted by Crippen LogP contribution is -2.22. The summed E-state index contributed by atoms with van der Waals surface area (Å²) >= 11 is 1.31. The van der Waals surface area contributed by atoms with Crippen molar-refractivity contribution in [1.29, 1.82) is 0 Å². The highest BCUT2D eigenvalue weighted by Crippen LogP contribution is 2.29. The van der Waals surface area contributed by atoms with Crippen LogP contribution in [0.25, 0.3) is 6.08 Å². The zero-order chi connectivity index (χ0) is 23.9. The Labute approximate surface area is 200 Å². The fourth-order valence-corrected chi connectivity index (χ4v) is 3.93. The molecule has 0 aliphatic heterocycles. The average Bonchev–Trinajstić information content (AvgIpc) is 3.28. The smallest absolute Gasteiger partial charge is 0.248 e. The van der Waals surface area contributed by atoms with E-state index in [4.69, 9.17) is 4.74 Å². The van der Waals surface area contributed by atoms with Gasteiger partial charge in [0.05, 0.1) is 11.4 Å². The normalized spacial score (nSPS) is 10.8. The summed E-state index contributed by atoms with van der Waals surface area (Å²) in [5.74, 6) is 0.0356. The molecule has 0 atom stereocenters. The van der Waals surface area contributed by atoms with E-state index < -0.39 is 0 Å². The van der Waals surface area contributed by atoms with E-state index in [1.54, 1.807) is 47.9 Å². The second-order valence-electron chi connectivity index (χ2n) is 7.15. The fraction of sp³-hybridized carbons (Fsp3) is 0.0385. The minimum absolute atomic E-state index is 0.154. The molecule has 1 aromatic heterocycles. The Morgan fingerprint density at radius 1 is 1.00 bits per heavy atom. The summed E-state index contributed by atoms with van der Waals surface area (Å²) in [6, 6.07) is 21.8. The largest absolute Gasteiger partial charge is 0.457 e. The molecule has 4 aromatic rings. The van der Waals surface area contributed by atoms with Crippen LogP contribution < -0.4 is 15.0 Å². The summed E-state index contributed by atoms with van der Waals surface area (Å²) in [5.41, 5.74) is 1.87. The second-order valence-corrected chi connectivity index (χ2v) is 7.99. The molecule has 0 spiro atoms. The highest BCUT2D eigenvalue weighted by atomic mass is 32.1. The number of anilines is 3. The van der Waals surface area contributed by atoms with Gasteiger partial charge in [0.1, 0.15) is 17.3 Å². The van der Waals surface area contributed by atoms with Gasteiger partial charge < -0.3 is 10.1 Å². The maximum atomic E-state index is 13.3. The third-order valence-electron chi connectivity index (χ3n) is 4.59. The summed E-state index contributed by atoms with van der Waals surface area (Å²) in [7, 11) is 0. The SMILES string of the molecule is CC(=O)N(c1ccccc1)c1nc(C=CC(=O)Nc2ccc(Oc3cccc(F)c3)cc2)cs1. The lowest BCUT2D eigenvalue weighted by molar-refractivity contribution is -0.116. The van der Waals surface area contributed by atoms with E-state index in [-0.39, 0.29) is 17.6 Å². The van der Waals surface area contributed by atoms with Gasteiger partial charge in [-0.1, -0.05) is 24.3 Å². The number of thiazole rings is 1. The molecule has 2 amide bonds. The van der Waals surface area contributed by atoms with Crippen molar-refractivity contribution in [3.05, 3.63) is 102 Å². The predicted molar refractivity (Wildman–Crippen MR) is 132 cm³/mol. The predicted octanol–water partition coefficient (Wildman–Crippen LogP) is 6.41. The van der Waals surface area contributed by atoms with Crippen molar-refractivity contribution < 1.29 is 18.7 Å². The van der Waals surface area contributed by atoms with Crippen LogP contribution in [0.3, 0.4) is 0 Å². The molecule has 0 radical (unpaired) electrons. The van der Waals surface area contributed by atoms with Crippen molar-refractivity contribution in [3.63, 3.8) is 0 Å². The molecule has 8 heteroatoms. The number of carbonyl (C=O) groups is 2. The van der Waals surface area contributed by atoms with Crippen LogP contribution in [0.5, 0.6) is 11.5 Å². The standard InChI is InChI=1S/C26H20FN3O3S/c1-18(31)30(22-7-3-2-4-8-22)26-29-21(17-34-26)12-15-25(32)28-20-10-13-23(14-11-20)33-24-9-5-6-19(27)16-24/h2-17H,1H3,(H,28,32). The van der Waals surface area contributed by atoms with Crippen LogP contribution in [0.1, 0.15) is 12.6 Å². The van der Waals surface area contributed by atoms with Crippen LogP contribution in [0.4, 0.5) is 20.9 Å². The molecule has 34 heavy (non-hydrogen) atoms. The van der Waals surface area contributed by atoms with E-state index >= 15 is 0 Å². The van der Waals surface area contributed by atoms with E-state index in [0.29, 0.717) is 28.0 Å². The van der Waals surface area contributed by atoms with Crippen molar-refractivity contribution in [2.75, 3.05) is 10.2 Å². The minimum Gasteiger partial charge on any atom is -0.457 e. The van der Waals surface area contributed by atoms with Crippen LogP contribution in [0.2, 0.25) is 0 Å². The summed E-state index contributed by atoms with van der Waals surface area (Å²) < 4.78 is 18.9. The van der Waals surface area contributed by atoms with Crippen LogP contribution >= 0.6 is 11.3 Å². The van der Waals surface area contributed by atoms with Gasteiger partial charge in [0.15, 0.2) is 5.13 Å². The Balaban J connectivity index is 1.37. The van der Waals surface area contributed by atoms with Crippen molar-refractivity contribution in [1.82, 2.24) is 4.98 Å². The lowest BCUT2D eigenvalue weighted by atomic mass is 10.3. The van der Waals surface area contributed by atoms with Gasteiger partial charge in [-0.3, -0.25) is 14.5 Å². The van der Waals surface area contributed by atoms with Crippen LogP contribution in [-0.4, -0.2) is 16.8 Å². The molecule has 0 bridgehead atoms. The van der Waals surface area contributed by atoms with Crippen LogP contribution in [0.15, 0.2) is 90.3 Å². The second kappa shape index (κ2) is 10.5. The molecule has 0 fully saturated rings. The average molecular weight is 474 g/mol. The molecule has 170 valence electrons. The molecular formula is C26H20FN3O3S. The van der Waals surface area contributed by atoms with Crippen molar-refractivity contribution >= 4 is 45.7 Å². The molecular weight excluding hydrogens is 453 g/mol. The molecule has 0 aliphatic carbocycles.